The highest BCUT2D eigenvalue weighted by Gasteiger charge is 2.47. The molecular weight excluding hydrogens is 388 g/mol. The van der Waals surface area contributed by atoms with Crippen molar-refractivity contribution in [1.82, 2.24) is 0 Å². The smallest absolute Gasteiger partial charge is 0.332 e. The summed E-state index contributed by atoms with van der Waals surface area (Å²) in [6.45, 7) is 20.0. The van der Waals surface area contributed by atoms with Gasteiger partial charge in [0.2, 0.25) is 0 Å². The molecule has 0 aromatic rings. The molecule has 0 aliphatic carbocycles. The highest BCUT2D eigenvalue weighted by molar-refractivity contribution is 6.83. The SMILES string of the molecule is CC(C)(C)[Si](C)(OCOC(=O)CC(=O)OCO[Si](C)(C)C)O[Si](C)(C)C. The third-order valence-electron chi connectivity index (χ3n) is 3.42. The van der Waals surface area contributed by atoms with Crippen LogP contribution >= 0.6 is 0 Å². The largest absolute Gasteiger partial charge is 0.439 e. The summed E-state index contributed by atoms with van der Waals surface area (Å²) in [5.41, 5.74) is 0. The van der Waals surface area contributed by atoms with Crippen molar-refractivity contribution in [3.05, 3.63) is 0 Å². The van der Waals surface area contributed by atoms with Crippen LogP contribution < -0.4 is 0 Å². The first-order chi connectivity index (χ1) is 11.5. The van der Waals surface area contributed by atoms with Gasteiger partial charge in [-0.15, -0.1) is 0 Å². The van der Waals surface area contributed by atoms with E-state index in [-0.39, 0.29) is 18.6 Å². The normalized spacial score (nSPS) is 15.3. The molecule has 0 radical (unpaired) electrons. The maximum absolute atomic E-state index is 11.8. The van der Waals surface area contributed by atoms with Gasteiger partial charge in [-0.3, -0.25) is 9.59 Å². The second kappa shape index (κ2) is 9.60. The molecule has 1 atom stereocenters. The molecule has 0 amide bonds. The van der Waals surface area contributed by atoms with Crippen LogP contribution in [0.25, 0.3) is 0 Å². The quantitative estimate of drug-likeness (QED) is 0.227. The van der Waals surface area contributed by atoms with Gasteiger partial charge in [0, 0.05) is 5.04 Å². The summed E-state index contributed by atoms with van der Waals surface area (Å²) in [6, 6.07) is 0. The van der Waals surface area contributed by atoms with Gasteiger partial charge in [0.1, 0.15) is 6.42 Å². The Kier molecular flexibility index (Phi) is 9.41. The fraction of sp³-hybridized carbons (Fsp3) is 0.875. The second-order valence-electron chi connectivity index (χ2n) is 9.26. The van der Waals surface area contributed by atoms with Gasteiger partial charge in [-0.1, -0.05) is 20.8 Å². The molecule has 0 rings (SSSR count). The minimum Gasteiger partial charge on any atom is -0.439 e. The van der Waals surface area contributed by atoms with Crippen molar-refractivity contribution in [2.75, 3.05) is 13.6 Å². The van der Waals surface area contributed by atoms with E-state index in [1.807, 2.05) is 26.2 Å². The van der Waals surface area contributed by atoms with E-state index in [0.29, 0.717) is 0 Å². The Labute approximate surface area is 161 Å². The molecule has 0 spiro atoms. The number of carbonyl (C=O) groups is 2. The zero-order valence-electron chi connectivity index (χ0n) is 18.0. The van der Waals surface area contributed by atoms with E-state index in [0.717, 1.165) is 0 Å². The fourth-order valence-corrected chi connectivity index (χ4v) is 8.95. The molecule has 0 bridgehead atoms. The summed E-state index contributed by atoms with van der Waals surface area (Å²) >= 11 is 0. The van der Waals surface area contributed by atoms with E-state index < -0.39 is 43.6 Å². The van der Waals surface area contributed by atoms with Crippen LogP contribution in [-0.4, -0.2) is 50.7 Å². The molecule has 0 fully saturated rings. The van der Waals surface area contributed by atoms with Crippen LogP contribution in [0.4, 0.5) is 0 Å². The molecule has 10 heteroatoms. The van der Waals surface area contributed by atoms with Crippen LogP contribution in [0.3, 0.4) is 0 Å². The Morgan fingerprint density at radius 3 is 1.50 bits per heavy atom. The van der Waals surface area contributed by atoms with Crippen LogP contribution in [-0.2, 0) is 32.0 Å². The van der Waals surface area contributed by atoms with E-state index in [9.17, 15) is 9.59 Å². The summed E-state index contributed by atoms with van der Waals surface area (Å²) in [5, 5.41) is -0.188. The van der Waals surface area contributed by atoms with Crippen LogP contribution in [0, 0.1) is 0 Å². The predicted molar refractivity (Wildman–Crippen MR) is 108 cm³/mol. The first-order valence-corrected chi connectivity index (χ1v) is 17.9. The van der Waals surface area contributed by atoms with Crippen LogP contribution in [0.15, 0.2) is 0 Å². The highest BCUT2D eigenvalue weighted by Crippen LogP contribution is 2.39. The molecule has 0 aliphatic heterocycles. The van der Waals surface area contributed by atoms with Crippen LogP contribution in [0.2, 0.25) is 50.9 Å². The first-order valence-electron chi connectivity index (χ1n) is 8.74. The van der Waals surface area contributed by atoms with Crippen molar-refractivity contribution < 1.29 is 32.0 Å². The lowest BCUT2D eigenvalue weighted by Gasteiger charge is -2.42. The summed E-state index contributed by atoms with van der Waals surface area (Å²) in [4.78, 5) is 23.4. The van der Waals surface area contributed by atoms with Gasteiger partial charge < -0.3 is 22.4 Å². The van der Waals surface area contributed by atoms with E-state index in [2.05, 4.69) is 40.4 Å². The number of hydrogen-bond acceptors (Lipinski definition) is 7. The molecule has 154 valence electrons. The highest BCUT2D eigenvalue weighted by atomic mass is 28.4. The summed E-state index contributed by atoms with van der Waals surface area (Å²) in [7, 11) is -6.17. The Bertz CT molecular complexity index is 478. The lowest BCUT2D eigenvalue weighted by atomic mass is 10.3. The van der Waals surface area contributed by atoms with Crippen molar-refractivity contribution in [2.45, 2.75) is 78.1 Å². The molecule has 0 saturated heterocycles. The van der Waals surface area contributed by atoms with E-state index >= 15 is 0 Å². The van der Waals surface area contributed by atoms with Crippen molar-refractivity contribution >= 4 is 37.1 Å². The van der Waals surface area contributed by atoms with E-state index in [1.54, 1.807) is 0 Å². The van der Waals surface area contributed by atoms with Crippen LogP contribution in [0.5, 0.6) is 0 Å². The molecule has 0 saturated carbocycles. The van der Waals surface area contributed by atoms with Crippen LogP contribution in [0.1, 0.15) is 27.2 Å². The Hall–Kier alpha value is -0.529. The van der Waals surface area contributed by atoms with Crippen molar-refractivity contribution in [3.8, 4) is 0 Å². The van der Waals surface area contributed by atoms with Gasteiger partial charge in [-0.2, -0.15) is 0 Å². The second-order valence-corrected chi connectivity index (χ2v) is 22.5. The third kappa shape index (κ3) is 11.2. The van der Waals surface area contributed by atoms with Crippen molar-refractivity contribution in [3.63, 3.8) is 0 Å². The molecule has 0 aromatic carbocycles. The molecule has 26 heavy (non-hydrogen) atoms. The summed E-state index contributed by atoms with van der Waals surface area (Å²) in [5.74, 6) is -1.37. The van der Waals surface area contributed by atoms with Crippen molar-refractivity contribution in [2.24, 2.45) is 0 Å². The predicted octanol–water partition coefficient (Wildman–Crippen LogP) is 3.97. The monoisotopic (exact) mass is 424 g/mol. The first kappa shape index (κ1) is 25.5. The molecule has 1 unspecified atom stereocenters. The lowest BCUT2D eigenvalue weighted by Crippen LogP contribution is -2.53. The molecule has 7 nitrogen and oxygen atoms in total. The zero-order chi connectivity index (χ0) is 20.8. The maximum Gasteiger partial charge on any atom is 0.332 e. The van der Waals surface area contributed by atoms with Gasteiger partial charge in [-0.05, 0) is 45.8 Å². The van der Waals surface area contributed by atoms with Gasteiger partial charge in [0.25, 0.3) is 0 Å². The average Bonchev–Trinajstić information content (AvgIpc) is 2.33. The molecule has 0 N–H and O–H groups in total. The van der Waals surface area contributed by atoms with Crippen molar-refractivity contribution in [1.29, 1.82) is 0 Å². The standard InChI is InChI=1S/C16H36O7Si3/c1-16(2,3)26(10,23-25(7,8)9)22-13-20-15(18)11-14(17)19-12-21-24(4,5)6/h11-13H2,1-10H3. The van der Waals surface area contributed by atoms with Gasteiger partial charge >= 0.3 is 20.5 Å². The van der Waals surface area contributed by atoms with Gasteiger partial charge in [-0.25, -0.2) is 0 Å². The molecule has 0 heterocycles. The molecular formula is C16H36O7Si3. The summed E-state index contributed by atoms with van der Waals surface area (Å²) in [6.07, 6.45) is -0.471. The fourth-order valence-electron chi connectivity index (χ4n) is 1.68. The zero-order valence-corrected chi connectivity index (χ0v) is 21.0. The number of hydrogen-bond donors (Lipinski definition) is 0. The van der Waals surface area contributed by atoms with Gasteiger partial charge in [0.05, 0.1) is 0 Å². The topological polar surface area (TPSA) is 80.3 Å². The minimum atomic E-state index is -2.58. The number of ether oxygens (including phenoxy) is 2. The number of carbonyl (C=O) groups excluding carboxylic acids is 2. The minimum absolute atomic E-state index is 0.141. The Morgan fingerprint density at radius 1 is 0.731 bits per heavy atom. The maximum atomic E-state index is 11.8. The lowest BCUT2D eigenvalue weighted by molar-refractivity contribution is -0.162. The Morgan fingerprint density at radius 2 is 1.15 bits per heavy atom. The molecule has 0 aliphatic rings. The molecule has 0 aromatic heterocycles. The summed E-state index contributed by atoms with van der Waals surface area (Å²) < 4.78 is 27.5. The van der Waals surface area contributed by atoms with E-state index in [4.69, 9.17) is 22.4 Å². The average molecular weight is 425 g/mol. The third-order valence-corrected chi connectivity index (χ3v) is 11.8. The number of esters is 2. The van der Waals surface area contributed by atoms with E-state index in [1.165, 1.54) is 0 Å². The number of rotatable bonds is 10. The Balaban J connectivity index is 4.42. The van der Waals surface area contributed by atoms with Gasteiger partial charge in [0.15, 0.2) is 30.2 Å².